The first-order valence-electron chi connectivity index (χ1n) is 40.8. The predicted molar refractivity (Wildman–Crippen MR) is 418 cm³/mol. The topological polar surface area (TPSA) is 145 Å². The van der Waals surface area contributed by atoms with Gasteiger partial charge in [-0.25, -0.2) is 0 Å². The fraction of sp³-hybridized carbons (Fsp3) is 0.587. The SMILES string of the molecule is CC(C)CCCCCCCCCCCC[C@@H]1O[C@@H]2O[C@H](COC(=O)[C@@H](C)[C@H](CCCCCCCCCCCCC(C)C)O[C@@H]3O[C@H](COC(=O)[C@H]1C)[C@@H](OCc1ccccc1)[C@H](OCc1ccccc1)[C@H]3OCc1ccccc1)[C@@H](OCc1ccccc1)[C@H](OCc1ccccc1)[C@H]2OCc1ccccc1. The van der Waals surface area contributed by atoms with E-state index in [9.17, 15) is 0 Å². The zero-order chi connectivity index (χ0) is 74.2. The molecule has 3 fully saturated rings. The van der Waals surface area contributed by atoms with Gasteiger partial charge in [0, 0.05) is 0 Å². The van der Waals surface area contributed by atoms with Crippen LogP contribution in [0, 0.1) is 23.7 Å². The van der Waals surface area contributed by atoms with Crippen molar-refractivity contribution in [1.82, 2.24) is 0 Å². The van der Waals surface area contributed by atoms with Crippen molar-refractivity contribution in [3.8, 4) is 0 Å². The second kappa shape index (κ2) is 48.4. The van der Waals surface area contributed by atoms with Crippen LogP contribution in [0.25, 0.3) is 0 Å². The Morgan fingerprint density at radius 3 is 0.774 bits per heavy atom. The molecule has 0 radical (unpaired) electrons. The van der Waals surface area contributed by atoms with Crippen LogP contribution in [0.3, 0.4) is 0 Å². The number of carbonyl (C=O) groups is 2. The summed E-state index contributed by atoms with van der Waals surface area (Å²) in [6, 6.07) is 60.1. The van der Waals surface area contributed by atoms with Crippen LogP contribution < -0.4 is 0 Å². The van der Waals surface area contributed by atoms with Crippen LogP contribution in [0.15, 0.2) is 182 Å². The summed E-state index contributed by atoms with van der Waals surface area (Å²) in [6.45, 7) is 13.7. The van der Waals surface area contributed by atoms with Crippen molar-refractivity contribution in [3.05, 3.63) is 215 Å². The normalized spacial score (nSPS) is 24.7. The zero-order valence-corrected chi connectivity index (χ0v) is 64.9. The molecule has 106 heavy (non-hydrogen) atoms. The van der Waals surface area contributed by atoms with E-state index in [1.807, 2.05) is 196 Å². The summed E-state index contributed by atoms with van der Waals surface area (Å²) in [5.41, 5.74) is 5.64. The number of fused-ring (bicyclic) bond motifs is 4. The van der Waals surface area contributed by atoms with E-state index in [1.54, 1.807) is 0 Å². The minimum absolute atomic E-state index is 0.187. The van der Waals surface area contributed by atoms with Crippen molar-refractivity contribution >= 4 is 11.9 Å². The molecule has 0 saturated carbocycles. The van der Waals surface area contributed by atoms with Gasteiger partial charge < -0.3 is 56.8 Å². The van der Waals surface area contributed by atoms with E-state index in [4.69, 9.17) is 56.8 Å². The number of hydrogen-bond acceptors (Lipinski definition) is 14. The highest BCUT2D eigenvalue weighted by atomic mass is 16.7. The van der Waals surface area contributed by atoms with Gasteiger partial charge >= 0.3 is 11.9 Å². The van der Waals surface area contributed by atoms with Crippen LogP contribution in [-0.4, -0.2) is 98.8 Å². The molecule has 0 unspecified atom stereocenters. The van der Waals surface area contributed by atoms with Crippen molar-refractivity contribution in [2.24, 2.45) is 23.7 Å². The van der Waals surface area contributed by atoms with Crippen LogP contribution >= 0.6 is 0 Å². The number of ether oxygens (including phenoxy) is 12. The molecule has 0 aromatic heterocycles. The molecule has 3 heterocycles. The smallest absolute Gasteiger partial charge is 0.311 e. The molecule has 0 amide bonds. The third kappa shape index (κ3) is 29.7. The molecule has 3 aliphatic heterocycles. The van der Waals surface area contributed by atoms with E-state index >= 15 is 9.59 Å². The van der Waals surface area contributed by atoms with Crippen molar-refractivity contribution in [2.75, 3.05) is 13.2 Å². The van der Waals surface area contributed by atoms with E-state index < -0.39 is 97.4 Å². The molecule has 14 atom stereocenters. The summed E-state index contributed by atoms with van der Waals surface area (Å²) in [5, 5.41) is 0. The van der Waals surface area contributed by atoms with Crippen molar-refractivity contribution in [2.45, 2.75) is 309 Å². The van der Waals surface area contributed by atoms with Crippen molar-refractivity contribution < 1.29 is 66.4 Å². The molecule has 0 aliphatic carbocycles. The fourth-order valence-corrected chi connectivity index (χ4v) is 14.7. The van der Waals surface area contributed by atoms with Crippen molar-refractivity contribution in [1.29, 1.82) is 0 Å². The largest absolute Gasteiger partial charge is 0.463 e. The summed E-state index contributed by atoms with van der Waals surface area (Å²) in [5.74, 6) is -1.14. The van der Waals surface area contributed by atoms with Gasteiger partial charge in [0.25, 0.3) is 0 Å². The Kier molecular flexibility index (Phi) is 38.3. The monoisotopic (exact) mass is 1460 g/mol. The van der Waals surface area contributed by atoms with Crippen LogP contribution in [0.4, 0.5) is 0 Å². The van der Waals surface area contributed by atoms with Crippen LogP contribution in [0.1, 0.15) is 229 Å². The van der Waals surface area contributed by atoms with E-state index in [-0.39, 0.29) is 52.9 Å². The third-order valence-corrected chi connectivity index (χ3v) is 21.2. The second-order valence-corrected chi connectivity index (χ2v) is 30.9. The fourth-order valence-electron chi connectivity index (χ4n) is 14.7. The highest BCUT2D eigenvalue weighted by Gasteiger charge is 2.53. The number of benzene rings is 6. The standard InChI is InChI=1S/C92H128O14/c1-69(2)45-29-19-15-11-7-9-13-17-21-43-59-79-71(5)89(93)101-67-82-84(96-62-74-49-33-24-34-50-74)86(98-64-76-53-37-26-38-54-76)88(100-66-78-57-41-28-42-58-78)92(106-82)104-80(60-44-22-18-14-10-8-12-16-20-30-46-70(3)4)72(6)90(94)102-68-81-83(95-61-73-47-31-23-32-48-73)85(97-63-75-51-35-25-36-52-75)87(91(103-79)105-81)99-65-77-55-39-27-40-56-77/h23-28,31-42,47-58,69-72,79-88,91-92H,7-22,29-30,43-46,59-68H2,1-6H3/t71-,72-,79-,80-,81+,82+,83+,84+,85-,86-,87+,88+,91+,92+/m0/s1. The zero-order valence-electron chi connectivity index (χ0n) is 64.9. The lowest BCUT2D eigenvalue weighted by molar-refractivity contribution is -0.341. The molecule has 6 aromatic rings. The lowest BCUT2D eigenvalue weighted by atomic mass is 9.95. The number of unbranched alkanes of at least 4 members (excludes halogenated alkanes) is 18. The van der Waals surface area contributed by atoms with E-state index in [0.29, 0.717) is 12.8 Å². The van der Waals surface area contributed by atoms with Gasteiger partial charge in [0.1, 0.15) is 62.0 Å². The number of carbonyl (C=O) groups excluding carboxylic acids is 2. The number of cyclic esters (lactones) is 2. The minimum Gasteiger partial charge on any atom is -0.463 e. The molecule has 0 spiro atoms. The molecule has 14 nitrogen and oxygen atoms in total. The van der Waals surface area contributed by atoms with E-state index in [0.717, 1.165) is 96.6 Å². The molecule has 3 saturated heterocycles. The Balaban J connectivity index is 1.08. The van der Waals surface area contributed by atoms with Gasteiger partial charge in [0.2, 0.25) is 0 Å². The summed E-state index contributed by atoms with van der Waals surface area (Å²) >= 11 is 0. The summed E-state index contributed by atoms with van der Waals surface area (Å²) < 4.78 is 85.7. The first-order chi connectivity index (χ1) is 51.9. The summed E-state index contributed by atoms with van der Waals surface area (Å²) in [4.78, 5) is 31.1. The maximum Gasteiger partial charge on any atom is 0.311 e. The van der Waals surface area contributed by atoms with E-state index in [2.05, 4.69) is 27.7 Å². The maximum atomic E-state index is 15.6. The Hall–Kier alpha value is -6.14. The maximum absolute atomic E-state index is 15.6. The molecule has 580 valence electrons. The van der Waals surface area contributed by atoms with Gasteiger partial charge in [-0.1, -0.05) is 351 Å². The third-order valence-electron chi connectivity index (χ3n) is 21.2. The molecule has 6 aromatic carbocycles. The quantitative estimate of drug-likeness (QED) is 0.0264. The lowest BCUT2D eigenvalue weighted by Crippen LogP contribution is -2.63. The van der Waals surface area contributed by atoms with E-state index in [1.165, 1.54) is 89.9 Å². The molecule has 14 heteroatoms. The predicted octanol–water partition coefficient (Wildman–Crippen LogP) is 20.8. The van der Waals surface area contributed by atoms with Gasteiger partial charge in [-0.15, -0.1) is 0 Å². The molecule has 0 N–H and O–H groups in total. The van der Waals surface area contributed by atoms with Crippen molar-refractivity contribution in [3.63, 3.8) is 0 Å². The van der Waals surface area contributed by atoms with Gasteiger partial charge in [0.15, 0.2) is 12.6 Å². The first kappa shape index (κ1) is 83.9. The van der Waals surface area contributed by atoms with Gasteiger partial charge in [-0.3, -0.25) is 9.59 Å². The Bertz CT molecular complexity index is 3020. The second-order valence-electron chi connectivity index (χ2n) is 30.9. The highest BCUT2D eigenvalue weighted by molar-refractivity contribution is 5.73. The molecule has 9 rings (SSSR count). The summed E-state index contributed by atoms with van der Waals surface area (Å²) in [7, 11) is 0. The minimum atomic E-state index is -1.15. The average molecular weight is 1460 g/mol. The van der Waals surface area contributed by atoms with Gasteiger partial charge in [-0.2, -0.15) is 0 Å². The Morgan fingerprint density at radius 1 is 0.292 bits per heavy atom. The Morgan fingerprint density at radius 2 is 0.519 bits per heavy atom. The van der Waals surface area contributed by atoms with Gasteiger partial charge in [0.05, 0.1) is 63.7 Å². The Labute approximate surface area is 636 Å². The lowest BCUT2D eigenvalue weighted by Gasteiger charge is -2.47. The number of rotatable bonds is 44. The average Bonchev–Trinajstić information content (AvgIpc) is 0.786. The molecule has 3 aliphatic rings. The first-order valence-corrected chi connectivity index (χ1v) is 40.8. The molecular weight excluding hydrogens is 1330 g/mol. The molecule has 4 bridgehead atoms. The van der Waals surface area contributed by atoms with Crippen LogP contribution in [-0.2, 0) is 106 Å². The van der Waals surface area contributed by atoms with Gasteiger partial charge in [-0.05, 0) is 71.9 Å². The number of esters is 2. The van der Waals surface area contributed by atoms with Crippen LogP contribution in [0.5, 0.6) is 0 Å². The number of hydrogen-bond donors (Lipinski definition) is 0. The highest BCUT2D eigenvalue weighted by Crippen LogP contribution is 2.38. The van der Waals surface area contributed by atoms with Crippen LogP contribution in [0.2, 0.25) is 0 Å². The summed E-state index contributed by atoms with van der Waals surface area (Å²) in [6.07, 6.45) is 15.6. The molecular formula is C92H128O14.